The van der Waals surface area contributed by atoms with Gasteiger partial charge in [-0.1, -0.05) is 93.0 Å². The van der Waals surface area contributed by atoms with Crippen LogP contribution in [0.3, 0.4) is 0 Å². The third kappa shape index (κ3) is 6.61. The minimum atomic E-state index is -2.60. The zero-order valence-electron chi connectivity index (χ0n) is 24.8. The predicted octanol–water partition coefficient (Wildman–Crippen LogP) is 5.19. The summed E-state index contributed by atoms with van der Waals surface area (Å²) in [6.45, 7) is 9.08. The molecule has 0 atom stereocenters. The first-order valence-electron chi connectivity index (χ1n) is 14.4. The Balaban J connectivity index is 1.12. The van der Waals surface area contributed by atoms with E-state index >= 15 is 0 Å². The van der Waals surface area contributed by atoms with Gasteiger partial charge in [0.25, 0.3) is 8.32 Å². The standard InChI is InChI=1S/C34H36ClN3O4Si/c1-34(2,3)43(28-10-6-4-7-11-28,29-12-8-5-9-13-29)42-23-25-21-38(22-25)32(39)24-40-16-17-41-31-19-30-26(18-27(31)20-36)14-15-37-33(30)35/h4-15,18-19,25H,16-17,21-24H2,1-3H3. The van der Waals surface area contributed by atoms with Crippen LogP contribution in [0.25, 0.3) is 10.8 Å². The number of hydrogen-bond acceptors (Lipinski definition) is 6. The number of likely N-dealkylation sites (tertiary alicyclic amines) is 1. The number of nitriles is 1. The largest absolute Gasteiger partial charge is 0.490 e. The number of carbonyl (C=O) groups is 1. The van der Waals surface area contributed by atoms with Crippen LogP contribution in [0, 0.1) is 17.2 Å². The molecule has 4 aromatic rings. The molecule has 0 radical (unpaired) electrons. The van der Waals surface area contributed by atoms with E-state index in [1.807, 2.05) is 17.0 Å². The molecule has 222 valence electrons. The number of rotatable bonds is 11. The fourth-order valence-electron chi connectivity index (χ4n) is 5.72. The maximum absolute atomic E-state index is 12.8. The van der Waals surface area contributed by atoms with Crippen molar-refractivity contribution in [3.63, 3.8) is 0 Å². The minimum Gasteiger partial charge on any atom is -0.490 e. The molecule has 0 aliphatic carbocycles. The van der Waals surface area contributed by atoms with Crippen LogP contribution in [0.4, 0.5) is 0 Å². The Morgan fingerprint density at radius 2 is 1.67 bits per heavy atom. The lowest BCUT2D eigenvalue weighted by Gasteiger charge is -2.46. The van der Waals surface area contributed by atoms with Gasteiger partial charge in [-0.2, -0.15) is 5.26 Å². The fourth-order valence-corrected chi connectivity index (χ4v) is 10.6. The van der Waals surface area contributed by atoms with Crippen LogP contribution in [-0.2, 0) is 14.0 Å². The highest BCUT2D eigenvalue weighted by Crippen LogP contribution is 2.37. The van der Waals surface area contributed by atoms with E-state index in [9.17, 15) is 10.1 Å². The van der Waals surface area contributed by atoms with Crippen molar-refractivity contribution in [3.05, 3.63) is 95.8 Å². The summed E-state index contributed by atoms with van der Waals surface area (Å²) in [5, 5.41) is 13.8. The van der Waals surface area contributed by atoms with E-state index in [1.165, 1.54) is 10.4 Å². The van der Waals surface area contributed by atoms with Gasteiger partial charge in [0, 0.05) is 37.2 Å². The number of halogens is 1. The lowest BCUT2D eigenvalue weighted by atomic mass is 10.0. The average molecular weight is 614 g/mol. The molecule has 0 bridgehead atoms. The normalized spacial score (nSPS) is 13.9. The van der Waals surface area contributed by atoms with Gasteiger partial charge in [0.2, 0.25) is 5.91 Å². The second kappa shape index (κ2) is 13.3. The van der Waals surface area contributed by atoms with Gasteiger partial charge < -0.3 is 18.8 Å². The van der Waals surface area contributed by atoms with Crippen molar-refractivity contribution >= 4 is 47.0 Å². The number of aromatic nitrogens is 1. The molecule has 5 rings (SSSR count). The zero-order chi connectivity index (χ0) is 30.5. The number of amides is 1. The summed E-state index contributed by atoms with van der Waals surface area (Å²) < 4.78 is 18.4. The smallest absolute Gasteiger partial charge is 0.261 e. The van der Waals surface area contributed by atoms with Crippen LogP contribution in [0.5, 0.6) is 5.75 Å². The number of fused-ring (bicyclic) bond motifs is 1. The van der Waals surface area contributed by atoms with Gasteiger partial charge in [0.1, 0.15) is 30.2 Å². The van der Waals surface area contributed by atoms with Crippen molar-refractivity contribution in [2.45, 2.75) is 25.8 Å². The van der Waals surface area contributed by atoms with Crippen molar-refractivity contribution in [3.8, 4) is 11.8 Å². The molecule has 43 heavy (non-hydrogen) atoms. The van der Waals surface area contributed by atoms with Gasteiger partial charge in [0.15, 0.2) is 0 Å². The monoisotopic (exact) mass is 613 g/mol. The summed E-state index contributed by atoms with van der Waals surface area (Å²) in [6, 6.07) is 28.6. The molecule has 3 aromatic carbocycles. The first-order valence-corrected chi connectivity index (χ1v) is 16.7. The van der Waals surface area contributed by atoms with E-state index in [-0.39, 0.29) is 36.7 Å². The number of pyridine rings is 1. The van der Waals surface area contributed by atoms with Crippen LogP contribution in [0.2, 0.25) is 10.2 Å². The number of benzene rings is 3. The molecule has 1 saturated heterocycles. The third-order valence-corrected chi connectivity index (χ3v) is 13.2. The third-order valence-electron chi connectivity index (χ3n) is 7.91. The molecule has 0 N–H and O–H groups in total. The first-order chi connectivity index (χ1) is 20.7. The average Bonchev–Trinajstić information content (AvgIpc) is 2.98. The number of nitrogens with zero attached hydrogens (tertiary/aromatic N) is 3. The predicted molar refractivity (Wildman–Crippen MR) is 171 cm³/mol. The number of carbonyl (C=O) groups excluding carboxylic acids is 1. The van der Waals surface area contributed by atoms with Gasteiger partial charge >= 0.3 is 0 Å². The van der Waals surface area contributed by atoms with E-state index in [0.29, 0.717) is 41.5 Å². The molecular formula is C34H36ClN3O4Si. The Bertz CT molecular complexity index is 1560. The van der Waals surface area contributed by atoms with Crippen molar-refractivity contribution in [1.29, 1.82) is 5.26 Å². The van der Waals surface area contributed by atoms with Crippen LogP contribution >= 0.6 is 11.6 Å². The van der Waals surface area contributed by atoms with E-state index in [4.69, 9.17) is 25.5 Å². The molecule has 1 aromatic heterocycles. The minimum absolute atomic E-state index is 0.0236. The van der Waals surface area contributed by atoms with Crippen molar-refractivity contribution in [2.75, 3.05) is 39.5 Å². The molecule has 1 fully saturated rings. The first kappa shape index (κ1) is 30.7. The van der Waals surface area contributed by atoms with E-state index in [1.54, 1.807) is 24.4 Å². The highest BCUT2D eigenvalue weighted by Gasteiger charge is 2.50. The second-order valence-electron chi connectivity index (χ2n) is 11.8. The summed E-state index contributed by atoms with van der Waals surface area (Å²) in [4.78, 5) is 18.7. The van der Waals surface area contributed by atoms with Gasteiger partial charge in [-0.05, 0) is 39.0 Å². The molecule has 1 aliphatic rings. The van der Waals surface area contributed by atoms with Gasteiger partial charge in [-0.15, -0.1) is 0 Å². The van der Waals surface area contributed by atoms with E-state index in [2.05, 4.69) is 80.4 Å². The quantitative estimate of drug-likeness (QED) is 0.132. The molecule has 2 heterocycles. The zero-order valence-corrected chi connectivity index (χ0v) is 26.5. The lowest BCUT2D eigenvalue weighted by Crippen LogP contribution is -2.67. The number of hydrogen-bond donors (Lipinski definition) is 0. The molecule has 1 aliphatic heterocycles. The maximum atomic E-state index is 12.8. The Kier molecular flexibility index (Phi) is 9.48. The molecule has 9 heteroatoms. The summed E-state index contributed by atoms with van der Waals surface area (Å²) in [5.41, 5.74) is 0.401. The topological polar surface area (TPSA) is 84.7 Å². The highest BCUT2D eigenvalue weighted by molar-refractivity contribution is 6.99. The second-order valence-corrected chi connectivity index (χ2v) is 16.5. The van der Waals surface area contributed by atoms with E-state index < -0.39 is 8.32 Å². The Morgan fingerprint density at radius 3 is 2.28 bits per heavy atom. The van der Waals surface area contributed by atoms with Gasteiger partial charge in [0.05, 0.1) is 12.2 Å². The summed E-state index contributed by atoms with van der Waals surface area (Å²) >= 11 is 6.20. The molecule has 7 nitrogen and oxygen atoms in total. The van der Waals surface area contributed by atoms with Crippen LogP contribution < -0.4 is 15.1 Å². The maximum Gasteiger partial charge on any atom is 0.261 e. The van der Waals surface area contributed by atoms with Crippen molar-refractivity contribution < 1.29 is 18.7 Å². The Hall–Kier alpha value is -3.74. The lowest BCUT2D eigenvalue weighted by molar-refractivity contribution is -0.143. The summed E-state index contributed by atoms with van der Waals surface area (Å²) in [7, 11) is -2.60. The van der Waals surface area contributed by atoms with Gasteiger partial charge in [-0.25, -0.2) is 4.98 Å². The van der Waals surface area contributed by atoms with Gasteiger partial charge in [-0.3, -0.25) is 4.79 Å². The summed E-state index contributed by atoms with van der Waals surface area (Å²) in [5.74, 6) is 0.627. The van der Waals surface area contributed by atoms with E-state index in [0.717, 1.165) is 5.39 Å². The van der Waals surface area contributed by atoms with Crippen molar-refractivity contribution in [1.82, 2.24) is 9.88 Å². The van der Waals surface area contributed by atoms with Crippen LogP contribution in [0.1, 0.15) is 26.3 Å². The molecular weight excluding hydrogens is 578 g/mol. The van der Waals surface area contributed by atoms with Crippen LogP contribution in [0.15, 0.2) is 85.1 Å². The molecule has 0 unspecified atom stereocenters. The van der Waals surface area contributed by atoms with Crippen molar-refractivity contribution in [2.24, 2.45) is 5.92 Å². The number of ether oxygens (including phenoxy) is 2. The summed E-state index contributed by atoms with van der Waals surface area (Å²) in [6.07, 6.45) is 1.60. The highest BCUT2D eigenvalue weighted by atomic mass is 35.5. The van der Waals surface area contributed by atoms with Crippen LogP contribution in [-0.4, -0.2) is 63.6 Å². The Labute approximate surface area is 259 Å². The molecule has 1 amide bonds. The SMILES string of the molecule is CC(C)(C)[Si](OCC1CN(C(=O)COCCOc2cc3c(Cl)nccc3cc2C#N)C1)(c1ccccc1)c1ccccc1. The molecule has 0 spiro atoms. The molecule has 0 saturated carbocycles. The Morgan fingerprint density at radius 1 is 1.02 bits per heavy atom. The fraction of sp³-hybridized carbons (Fsp3) is 0.324.